The van der Waals surface area contributed by atoms with Crippen LogP contribution in [0.15, 0.2) is 18.2 Å². The van der Waals surface area contributed by atoms with Gasteiger partial charge in [0, 0.05) is 13.2 Å². The van der Waals surface area contributed by atoms with Gasteiger partial charge in [-0.15, -0.1) is 0 Å². The molecule has 0 radical (unpaired) electrons. The van der Waals surface area contributed by atoms with Crippen LogP contribution in [0.3, 0.4) is 0 Å². The highest BCUT2D eigenvalue weighted by molar-refractivity contribution is 6.30. The molecule has 1 N–H and O–H groups in total. The minimum absolute atomic E-state index is 0.0734. The molecule has 112 valence electrons. The molecule has 1 aromatic rings. The van der Waals surface area contributed by atoms with E-state index >= 15 is 0 Å². The van der Waals surface area contributed by atoms with Crippen molar-refractivity contribution >= 4 is 11.6 Å². The number of methoxy groups -OCH3 is 1. The Morgan fingerprint density at radius 2 is 2.20 bits per heavy atom. The van der Waals surface area contributed by atoms with E-state index in [1.54, 1.807) is 13.2 Å². The SMILES string of the molecule is CCCNC(Cc1ccc(F)c(Cl)c1)C1(OC)CCC1. The topological polar surface area (TPSA) is 21.3 Å². The van der Waals surface area contributed by atoms with Gasteiger partial charge in [-0.25, -0.2) is 4.39 Å². The van der Waals surface area contributed by atoms with Gasteiger partial charge in [-0.1, -0.05) is 24.6 Å². The summed E-state index contributed by atoms with van der Waals surface area (Å²) >= 11 is 5.87. The van der Waals surface area contributed by atoms with Crippen LogP contribution in [0.1, 0.15) is 38.2 Å². The van der Waals surface area contributed by atoms with Crippen molar-refractivity contribution in [1.82, 2.24) is 5.32 Å². The lowest BCUT2D eigenvalue weighted by Crippen LogP contribution is -2.57. The number of nitrogens with one attached hydrogen (secondary N) is 1. The van der Waals surface area contributed by atoms with Crippen molar-refractivity contribution in [3.8, 4) is 0 Å². The Morgan fingerprint density at radius 1 is 1.45 bits per heavy atom. The predicted octanol–water partition coefficient (Wildman–Crippen LogP) is 3.96. The van der Waals surface area contributed by atoms with Crippen LogP contribution >= 0.6 is 11.6 Å². The van der Waals surface area contributed by atoms with Gasteiger partial charge in [-0.3, -0.25) is 0 Å². The zero-order valence-electron chi connectivity index (χ0n) is 12.2. The van der Waals surface area contributed by atoms with Crippen LogP contribution < -0.4 is 5.32 Å². The third kappa shape index (κ3) is 3.33. The highest BCUT2D eigenvalue weighted by Gasteiger charge is 2.44. The lowest BCUT2D eigenvalue weighted by Gasteiger charge is -2.47. The molecule has 0 amide bonds. The van der Waals surface area contributed by atoms with E-state index in [0.717, 1.165) is 37.8 Å². The van der Waals surface area contributed by atoms with E-state index in [0.29, 0.717) is 0 Å². The van der Waals surface area contributed by atoms with Crippen molar-refractivity contribution in [1.29, 1.82) is 0 Å². The average molecular weight is 300 g/mol. The Bertz CT molecular complexity index is 443. The first-order valence-corrected chi connectivity index (χ1v) is 7.71. The van der Waals surface area contributed by atoms with Gasteiger partial charge in [0.05, 0.1) is 10.6 Å². The molecular weight excluding hydrogens is 277 g/mol. The molecule has 0 bridgehead atoms. The van der Waals surface area contributed by atoms with Gasteiger partial charge < -0.3 is 10.1 Å². The average Bonchev–Trinajstić information content (AvgIpc) is 2.39. The largest absolute Gasteiger partial charge is 0.377 e. The van der Waals surface area contributed by atoms with E-state index in [1.165, 1.54) is 12.5 Å². The van der Waals surface area contributed by atoms with E-state index in [-0.39, 0.29) is 22.5 Å². The van der Waals surface area contributed by atoms with Crippen molar-refractivity contribution in [3.63, 3.8) is 0 Å². The summed E-state index contributed by atoms with van der Waals surface area (Å²) in [6.07, 6.45) is 5.27. The molecule has 0 heterocycles. The van der Waals surface area contributed by atoms with Crippen LogP contribution in [0.2, 0.25) is 5.02 Å². The summed E-state index contributed by atoms with van der Waals surface area (Å²) in [5.41, 5.74) is 0.976. The summed E-state index contributed by atoms with van der Waals surface area (Å²) in [5, 5.41) is 3.78. The fourth-order valence-electron chi connectivity index (χ4n) is 2.89. The lowest BCUT2D eigenvalue weighted by atomic mass is 9.72. The maximum absolute atomic E-state index is 13.2. The van der Waals surface area contributed by atoms with Gasteiger partial charge >= 0.3 is 0 Å². The Hall–Kier alpha value is -0.640. The van der Waals surface area contributed by atoms with Crippen LogP contribution in [-0.4, -0.2) is 25.3 Å². The second-order valence-electron chi connectivity index (χ2n) is 5.58. The molecule has 1 atom stereocenters. The highest BCUT2D eigenvalue weighted by Crippen LogP contribution is 2.39. The molecule has 2 nitrogen and oxygen atoms in total. The summed E-state index contributed by atoms with van der Waals surface area (Å²) in [6.45, 7) is 3.11. The maximum atomic E-state index is 13.2. The molecule has 20 heavy (non-hydrogen) atoms. The first kappa shape index (κ1) is 15.7. The number of hydrogen-bond donors (Lipinski definition) is 1. The Labute approximate surface area is 125 Å². The van der Waals surface area contributed by atoms with Crippen LogP contribution in [0.5, 0.6) is 0 Å². The Balaban J connectivity index is 2.12. The summed E-state index contributed by atoms with van der Waals surface area (Å²) in [6, 6.07) is 5.22. The van der Waals surface area contributed by atoms with Crippen LogP contribution in [0.25, 0.3) is 0 Å². The summed E-state index contributed by atoms with van der Waals surface area (Å²) in [7, 11) is 1.79. The molecule has 0 saturated heterocycles. The number of hydrogen-bond acceptors (Lipinski definition) is 2. The van der Waals surface area contributed by atoms with Gasteiger partial charge in [-0.05, 0) is 56.3 Å². The Morgan fingerprint density at radius 3 is 2.70 bits per heavy atom. The van der Waals surface area contributed by atoms with Crippen molar-refractivity contribution in [2.75, 3.05) is 13.7 Å². The molecule has 1 aliphatic carbocycles. The number of halogens is 2. The van der Waals surface area contributed by atoms with Crippen molar-refractivity contribution in [2.24, 2.45) is 0 Å². The zero-order valence-corrected chi connectivity index (χ0v) is 13.0. The molecule has 4 heteroatoms. The monoisotopic (exact) mass is 299 g/mol. The van der Waals surface area contributed by atoms with Crippen LogP contribution in [0, 0.1) is 5.82 Å². The fraction of sp³-hybridized carbons (Fsp3) is 0.625. The molecule has 0 aliphatic heterocycles. The van der Waals surface area contributed by atoms with Crippen molar-refractivity contribution < 1.29 is 9.13 Å². The standard InChI is InChI=1S/C16H23ClFNO/c1-3-9-19-15(16(20-2)7-4-8-16)11-12-5-6-14(18)13(17)10-12/h5-6,10,15,19H,3-4,7-9,11H2,1-2H3. The molecule has 0 aromatic heterocycles. The smallest absolute Gasteiger partial charge is 0.141 e. The first-order valence-electron chi connectivity index (χ1n) is 7.34. The minimum atomic E-state index is -0.362. The van der Waals surface area contributed by atoms with Gasteiger partial charge in [0.2, 0.25) is 0 Å². The second-order valence-corrected chi connectivity index (χ2v) is 5.99. The molecule has 1 aliphatic rings. The minimum Gasteiger partial charge on any atom is -0.377 e. The van der Waals surface area contributed by atoms with Gasteiger partial charge in [0.25, 0.3) is 0 Å². The predicted molar refractivity (Wildman–Crippen MR) is 80.8 cm³/mol. The van der Waals surface area contributed by atoms with E-state index in [1.807, 2.05) is 6.07 Å². The van der Waals surface area contributed by atoms with Crippen LogP contribution in [0.4, 0.5) is 4.39 Å². The lowest BCUT2D eigenvalue weighted by molar-refractivity contribution is -0.0980. The molecule has 1 aromatic carbocycles. The van der Waals surface area contributed by atoms with Crippen molar-refractivity contribution in [2.45, 2.75) is 50.7 Å². The van der Waals surface area contributed by atoms with Crippen molar-refractivity contribution in [3.05, 3.63) is 34.6 Å². The third-order valence-corrected chi connectivity index (χ3v) is 4.60. The van der Waals surface area contributed by atoms with Crippen LogP contribution in [-0.2, 0) is 11.2 Å². The second kappa shape index (κ2) is 6.88. The number of benzene rings is 1. The van der Waals surface area contributed by atoms with Gasteiger partial charge in [0.15, 0.2) is 0 Å². The molecule has 1 unspecified atom stereocenters. The zero-order chi connectivity index (χ0) is 14.6. The number of ether oxygens (including phenoxy) is 1. The third-order valence-electron chi connectivity index (χ3n) is 4.31. The van der Waals surface area contributed by atoms with E-state index in [4.69, 9.17) is 16.3 Å². The summed E-state index contributed by atoms with van der Waals surface area (Å²) in [4.78, 5) is 0. The normalized spacial score (nSPS) is 18.6. The fourth-order valence-corrected chi connectivity index (χ4v) is 3.09. The quantitative estimate of drug-likeness (QED) is 0.823. The van der Waals surface area contributed by atoms with E-state index in [9.17, 15) is 4.39 Å². The van der Waals surface area contributed by atoms with Gasteiger partial charge in [-0.2, -0.15) is 0 Å². The maximum Gasteiger partial charge on any atom is 0.141 e. The summed E-state index contributed by atoms with van der Waals surface area (Å²) in [5.74, 6) is -0.362. The first-order chi connectivity index (χ1) is 9.61. The Kier molecular flexibility index (Phi) is 5.42. The summed E-state index contributed by atoms with van der Waals surface area (Å²) < 4.78 is 19.0. The molecule has 2 rings (SSSR count). The molecule has 0 spiro atoms. The van der Waals surface area contributed by atoms with E-state index < -0.39 is 0 Å². The molecule has 1 fully saturated rings. The highest BCUT2D eigenvalue weighted by atomic mass is 35.5. The number of rotatable bonds is 7. The molecular formula is C16H23ClFNO. The molecule has 1 saturated carbocycles. The van der Waals surface area contributed by atoms with E-state index in [2.05, 4.69) is 12.2 Å². The van der Waals surface area contributed by atoms with Gasteiger partial charge in [0.1, 0.15) is 5.82 Å².